The first-order valence-electron chi connectivity index (χ1n) is 6.91. The van der Waals surface area contributed by atoms with Crippen molar-refractivity contribution in [3.63, 3.8) is 0 Å². The molecule has 19 heavy (non-hydrogen) atoms. The Balaban J connectivity index is 2.05. The molecule has 1 fully saturated rings. The van der Waals surface area contributed by atoms with Crippen molar-refractivity contribution in [2.75, 3.05) is 13.7 Å². The lowest BCUT2D eigenvalue weighted by molar-refractivity contribution is 0.0207. The molecular weight excluding hydrogens is 306 g/mol. The maximum atomic E-state index is 6.17. The molecule has 0 spiro atoms. The molecule has 2 unspecified atom stereocenters. The summed E-state index contributed by atoms with van der Waals surface area (Å²) in [6, 6.07) is 6.15. The maximum Gasteiger partial charge on any atom is 0.123 e. The first kappa shape index (κ1) is 14.8. The summed E-state index contributed by atoms with van der Waals surface area (Å²) in [7, 11) is 1.78. The van der Waals surface area contributed by atoms with Gasteiger partial charge >= 0.3 is 0 Å². The first-order chi connectivity index (χ1) is 9.22. The number of benzene rings is 1. The second kappa shape index (κ2) is 7.27. The van der Waals surface area contributed by atoms with E-state index in [0.29, 0.717) is 12.6 Å². The Hall–Kier alpha value is -0.580. The molecule has 106 valence electrons. The normalized spacial score (nSPS) is 23.3. The van der Waals surface area contributed by atoms with Gasteiger partial charge in [-0.3, -0.25) is 0 Å². The molecular formula is C15H22BrNO2. The average molecular weight is 328 g/mol. The van der Waals surface area contributed by atoms with Crippen molar-refractivity contribution in [1.82, 2.24) is 0 Å². The van der Waals surface area contributed by atoms with Gasteiger partial charge < -0.3 is 15.2 Å². The summed E-state index contributed by atoms with van der Waals surface area (Å²) in [6.45, 7) is 0.637. The highest BCUT2D eigenvalue weighted by Crippen LogP contribution is 2.29. The second-order valence-electron chi connectivity index (χ2n) is 5.05. The molecule has 3 nitrogen and oxygen atoms in total. The SMILES string of the molecule is COC1CCCC(Oc2ccc(Br)cc2CCN)C1. The van der Waals surface area contributed by atoms with Gasteiger partial charge in [-0.05, 0) is 56.0 Å². The van der Waals surface area contributed by atoms with Crippen LogP contribution < -0.4 is 10.5 Å². The molecule has 2 rings (SSSR count). The van der Waals surface area contributed by atoms with Crippen molar-refractivity contribution in [3.8, 4) is 5.75 Å². The standard InChI is InChI=1S/C15H22BrNO2/c1-18-13-3-2-4-14(10-13)19-15-6-5-12(16)9-11(15)7-8-17/h5-6,9,13-14H,2-4,7-8,10,17H2,1H3. The van der Waals surface area contributed by atoms with E-state index >= 15 is 0 Å². The minimum atomic E-state index is 0.261. The van der Waals surface area contributed by atoms with E-state index in [9.17, 15) is 0 Å². The second-order valence-corrected chi connectivity index (χ2v) is 5.97. The molecule has 0 aliphatic heterocycles. The van der Waals surface area contributed by atoms with Gasteiger partial charge in [0.1, 0.15) is 11.9 Å². The largest absolute Gasteiger partial charge is 0.490 e. The number of nitrogens with two attached hydrogens (primary N) is 1. The number of halogens is 1. The van der Waals surface area contributed by atoms with Crippen LogP contribution in [0.1, 0.15) is 31.2 Å². The summed E-state index contributed by atoms with van der Waals surface area (Å²) >= 11 is 3.50. The Morgan fingerprint density at radius 3 is 2.84 bits per heavy atom. The zero-order valence-corrected chi connectivity index (χ0v) is 13.0. The summed E-state index contributed by atoms with van der Waals surface area (Å²) in [5.41, 5.74) is 6.84. The van der Waals surface area contributed by atoms with Crippen molar-refractivity contribution >= 4 is 15.9 Å². The fourth-order valence-electron chi connectivity index (χ4n) is 2.62. The number of rotatable bonds is 5. The van der Waals surface area contributed by atoms with Gasteiger partial charge in [0.25, 0.3) is 0 Å². The average Bonchev–Trinajstić information content (AvgIpc) is 2.42. The summed E-state index contributed by atoms with van der Waals surface area (Å²) in [4.78, 5) is 0. The third kappa shape index (κ3) is 4.20. The fraction of sp³-hybridized carbons (Fsp3) is 0.600. The summed E-state index contributed by atoms with van der Waals surface area (Å²) in [5.74, 6) is 0.968. The fourth-order valence-corrected chi connectivity index (χ4v) is 3.03. The van der Waals surface area contributed by atoms with Crippen molar-refractivity contribution in [1.29, 1.82) is 0 Å². The van der Waals surface area contributed by atoms with Gasteiger partial charge in [-0.2, -0.15) is 0 Å². The predicted molar refractivity (Wildman–Crippen MR) is 80.6 cm³/mol. The van der Waals surface area contributed by atoms with E-state index in [4.69, 9.17) is 15.2 Å². The quantitative estimate of drug-likeness (QED) is 0.902. The molecule has 0 saturated heterocycles. The Labute approximate surface area is 123 Å². The minimum absolute atomic E-state index is 0.261. The summed E-state index contributed by atoms with van der Waals surface area (Å²) in [5, 5.41) is 0. The van der Waals surface area contributed by atoms with E-state index in [-0.39, 0.29) is 6.10 Å². The Bertz CT molecular complexity index is 411. The number of methoxy groups -OCH3 is 1. The van der Waals surface area contributed by atoms with Crippen LogP contribution in [0.3, 0.4) is 0 Å². The molecule has 0 radical (unpaired) electrons. The monoisotopic (exact) mass is 327 g/mol. The van der Waals surface area contributed by atoms with Crippen molar-refractivity contribution in [3.05, 3.63) is 28.2 Å². The molecule has 0 amide bonds. The highest BCUT2D eigenvalue weighted by Gasteiger charge is 2.23. The van der Waals surface area contributed by atoms with Gasteiger partial charge in [-0.25, -0.2) is 0 Å². The molecule has 2 N–H and O–H groups in total. The van der Waals surface area contributed by atoms with Crippen LogP contribution in [0.15, 0.2) is 22.7 Å². The zero-order valence-electron chi connectivity index (χ0n) is 11.4. The number of hydrogen-bond acceptors (Lipinski definition) is 3. The third-order valence-corrected chi connectivity index (χ3v) is 4.13. The lowest BCUT2D eigenvalue weighted by Crippen LogP contribution is -2.29. The van der Waals surface area contributed by atoms with E-state index in [1.807, 2.05) is 12.1 Å². The summed E-state index contributed by atoms with van der Waals surface area (Å²) in [6.07, 6.45) is 5.85. The molecule has 4 heteroatoms. The molecule has 1 aliphatic rings. The predicted octanol–water partition coefficient (Wildman–Crippen LogP) is 3.29. The molecule has 0 bridgehead atoms. The van der Waals surface area contributed by atoms with E-state index in [1.165, 1.54) is 12.0 Å². The van der Waals surface area contributed by atoms with Crippen molar-refractivity contribution in [2.45, 2.75) is 44.3 Å². The van der Waals surface area contributed by atoms with Gasteiger partial charge in [0, 0.05) is 18.0 Å². The van der Waals surface area contributed by atoms with Crippen LogP contribution in [0, 0.1) is 0 Å². The van der Waals surface area contributed by atoms with E-state index in [0.717, 1.165) is 35.9 Å². The van der Waals surface area contributed by atoms with Crippen molar-refractivity contribution < 1.29 is 9.47 Å². The Morgan fingerprint density at radius 2 is 2.11 bits per heavy atom. The molecule has 1 aliphatic carbocycles. The lowest BCUT2D eigenvalue weighted by atomic mass is 9.95. The van der Waals surface area contributed by atoms with E-state index in [2.05, 4.69) is 22.0 Å². The summed E-state index contributed by atoms with van der Waals surface area (Å²) < 4.78 is 12.7. The molecule has 0 heterocycles. The number of hydrogen-bond donors (Lipinski definition) is 1. The van der Waals surface area contributed by atoms with Crippen LogP contribution in [0.5, 0.6) is 5.75 Å². The highest BCUT2D eigenvalue weighted by atomic mass is 79.9. The first-order valence-corrected chi connectivity index (χ1v) is 7.70. The van der Waals surface area contributed by atoms with Gasteiger partial charge in [0.05, 0.1) is 6.10 Å². The van der Waals surface area contributed by atoms with Gasteiger partial charge in [-0.15, -0.1) is 0 Å². The van der Waals surface area contributed by atoms with Crippen LogP contribution in [-0.4, -0.2) is 25.9 Å². The van der Waals surface area contributed by atoms with E-state index < -0.39 is 0 Å². The van der Waals surface area contributed by atoms with Gasteiger partial charge in [0.2, 0.25) is 0 Å². The van der Waals surface area contributed by atoms with Crippen LogP contribution in [0.25, 0.3) is 0 Å². The Morgan fingerprint density at radius 1 is 1.32 bits per heavy atom. The highest BCUT2D eigenvalue weighted by molar-refractivity contribution is 9.10. The zero-order chi connectivity index (χ0) is 13.7. The van der Waals surface area contributed by atoms with Crippen LogP contribution in [0.4, 0.5) is 0 Å². The van der Waals surface area contributed by atoms with Crippen LogP contribution in [0.2, 0.25) is 0 Å². The van der Waals surface area contributed by atoms with Crippen LogP contribution >= 0.6 is 15.9 Å². The molecule has 1 saturated carbocycles. The molecule has 2 atom stereocenters. The lowest BCUT2D eigenvalue weighted by Gasteiger charge is -2.29. The van der Waals surface area contributed by atoms with E-state index in [1.54, 1.807) is 7.11 Å². The Kier molecular flexibility index (Phi) is 5.67. The van der Waals surface area contributed by atoms with Crippen LogP contribution in [-0.2, 0) is 11.2 Å². The minimum Gasteiger partial charge on any atom is -0.490 e. The van der Waals surface area contributed by atoms with Crippen molar-refractivity contribution in [2.24, 2.45) is 5.73 Å². The topological polar surface area (TPSA) is 44.5 Å². The smallest absolute Gasteiger partial charge is 0.123 e. The third-order valence-electron chi connectivity index (χ3n) is 3.64. The molecule has 0 aromatic heterocycles. The molecule has 1 aromatic carbocycles. The van der Waals surface area contributed by atoms with Gasteiger partial charge in [0.15, 0.2) is 0 Å². The molecule has 1 aromatic rings. The maximum absolute atomic E-state index is 6.17. The number of ether oxygens (including phenoxy) is 2. The van der Waals surface area contributed by atoms with Gasteiger partial charge in [-0.1, -0.05) is 15.9 Å².